The highest BCUT2D eigenvalue weighted by Crippen LogP contribution is 2.15. The molecule has 0 spiro atoms. The summed E-state index contributed by atoms with van der Waals surface area (Å²) in [6, 6.07) is 1.88. The van der Waals surface area contributed by atoms with Crippen LogP contribution in [0.25, 0.3) is 0 Å². The Morgan fingerprint density at radius 3 is 3.00 bits per heavy atom. The minimum atomic E-state index is 0.647. The van der Waals surface area contributed by atoms with Gasteiger partial charge in [-0.15, -0.1) is 0 Å². The van der Waals surface area contributed by atoms with Crippen molar-refractivity contribution in [1.82, 2.24) is 4.98 Å². The first kappa shape index (κ1) is 9.48. The summed E-state index contributed by atoms with van der Waals surface area (Å²) in [6.07, 6.45) is 4.27. The van der Waals surface area contributed by atoms with Gasteiger partial charge in [0, 0.05) is 10.7 Å². The van der Waals surface area contributed by atoms with E-state index in [2.05, 4.69) is 20.9 Å². The van der Waals surface area contributed by atoms with Crippen LogP contribution in [-0.4, -0.2) is 18.1 Å². The molecule has 0 aliphatic heterocycles. The molecule has 0 bridgehead atoms. The van der Waals surface area contributed by atoms with E-state index in [0.717, 1.165) is 16.6 Å². The first-order chi connectivity index (χ1) is 5.83. The zero-order chi connectivity index (χ0) is 8.81. The van der Waals surface area contributed by atoms with Crippen LogP contribution in [0.4, 0.5) is 0 Å². The Balaban J connectivity index is 2.41. The Labute approximate surface area is 80.1 Å². The minimum absolute atomic E-state index is 0.647. The van der Waals surface area contributed by atoms with E-state index in [1.807, 2.05) is 6.07 Å². The SMILES string of the molecule is NCCCOc1cncc(Br)c1. The van der Waals surface area contributed by atoms with Crippen LogP contribution in [-0.2, 0) is 0 Å². The zero-order valence-corrected chi connectivity index (χ0v) is 8.25. The fraction of sp³-hybridized carbons (Fsp3) is 0.375. The van der Waals surface area contributed by atoms with Crippen molar-refractivity contribution in [3.63, 3.8) is 0 Å². The van der Waals surface area contributed by atoms with E-state index in [4.69, 9.17) is 10.5 Å². The average molecular weight is 231 g/mol. The van der Waals surface area contributed by atoms with Crippen molar-refractivity contribution in [2.45, 2.75) is 6.42 Å². The minimum Gasteiger partial charge on any atom is -0.492 e. The first-order valence-corrected chi connectivity index (χ1v) is 4.55. The highest BCUT2D eigenvalue weighted by atomic mass is 79.9. The maximum atomic E-state index is 5.35. The van der Waals surface area contributed by atoms with Gasteiger partial charge in [-0.25, -0.2) is 0 Å². The Hall–Kier alpha value is -0.610. The highest BCUT2D eigenvalue weighted by molar-refractivity contribution is 9.10. The van der Waals surface area contributed by atoms with Gasteiger partial charge in [0.2, 0.25) is 0 Å². The monoisotopic (exact) mass is 230 g/mol. The van der Waals surface area contributed by atoms with Gasteiger partial charge in [0.25, 0.3) is 0 Å². The molecule has 0 amide bonds. The Bertz CT molecular complexity index is 242. The topological polar surface area (TPSA) is 48.1 Å². The molecular formula is C8H11BrN2O. The molecule has 1 heterocycles. The van der Waals surface area contributed by atoms with Crippen LogP contribution in [0.2, 0.25) is 0 Å². The summed E-state index contributed by atoms with van der Waals surface area (Å²) in [6.45, 7) is 1.30. The third kappa shape index (κ3) is 3.19. The van der Waals surface area contributed by atoms with Crippen molar-refractivity contribution in [3.8, 4) is 5.75 Å². The third-order valence-electron chi connectivity index (χ3n) is 1.30. The predicted octanol–water partition coefficient (Wildman–Crippen LogP) is 1.57. The molecule has 0 aromatic carbocycles. The van der Waals surface area contributed by atoms with Crippen molar-refractivity contribution in [3.05, 3.63) is 22.9 Å². The molecule has 0 unspecified atom stereocenters. The van der Waals surface area contributed by atoms with Crippen LogP contribution in [0.5, 0.6) is 5.75 Å². The van der Waals surface area contributed by atoms with E-state index in [1.54, 1.807) is 12.4 Å². The lowest BCUT2D eigenvalue weighted by Gasteiger charge is -2.03. The van der Waals surface area contributed by atoms with E-state index in [9.17, 15) is 0 Å². The quantitative estimate of drug-likeness (QED) is 0.800. The maximum absolute atomic E-state index is 5.35. The number of ether oxygens (including phenoxy) is 1. The normalized spacial score (nSPS) is 9.83. The lowest BCUT2D eigenvalue weighted by molar-refractivity contribution is 0.312. The molecule has 0 fully saturated rings. The summed E-state index contributed by atoms with van der Waals surface area (Å²) in [5, 5.41) is 0. The molecule has 0 aliphatic carbocycles. The Morgan fingerprint density at radius 1 is 1.50 bits per heavy atom. The van der Waals surface area contributed by atoms with Crippen LogP contribution in [0.1, 0.15) is 6.42 Å². The van der Waals surface area contributed by atoms with Crippen LogP contribution in [0.3, 0.4) is 0 Å². The van der Waals surface area contributed by atoms with Crippen molar-refractivity contribution in [2.75, 3.05) is 13.2 Å². The number of nitrogens with zero attached hydrogens (tertiary/aromatic N) is 1. The molecule has 1 aromatic rings. The molecule has 0 aliphatic rings. The third-order valence-corrected chi connectivity index (χ3v) is 1.73. The van der Waals surface area contributed by atoms with Gasteiger partial charge in [0.05, 0.1) is 12.8 Å². The molecule has 0 radical (unpaired) electrons. The molecule has 12 heavy (non-hydrogen) atoms. The molecule has 1 rings (SSSR count). The second-order valence-corrected chi connectivity index (χ2v) is 3.25. The Kier molecular flexibility index (Phi) is 4.04. The van der Waals surface area contributed by atoms with Gasteiger partial charge >= 0.3 is 0 Å². The second-order valence-electron chi connectivity index (χ2n) is 2.33. The molecular weight excluding hydrogens is 220 g/mol. The maximum Gasteiger partial charge on any atom is 0.138 e. The van der Waals surface area contributed by atoms with Crippen LogP contribution in [0, 0.1) is 0 Å². The molecule has 0 saturated carbocycles. The summed E-state index contributed by atoms with van der Waals surface area (Å²) in [7, 11) is 0. The highest BCUT2D eigenvalue weighted by Gasteiger charge is 1.93. The molecule has 0 saturated heterocycles. The second kappa shape index (κ2) is 5.11. The number of hydrogen-bond donors (Lipinski definition) is 1. The van der Waals surface area contributed by atoms with Crippen molar-refractivity contribution in [2.24, 2.45) is 5.73 Å². The number of hydrogen-bond acceptors (Lipinski definition) is 3. The van der Waals surface area contributed by atoms with E-state index in [1.165, 1.54) is 0 Å². The van der Waals surface area contributed by atoms with E-state index in [-0.39, 0.29) is 0 Å². The fourth-order valence-electron chi connectivity index (χ4n) is 0.745. The van der Waals surface area contributed by atoms with Gasteiger partial charge < -0.3 is 10.5 Å². The smallest absolute Gasteiger partial charge is 0.138 e. The lowest BCUT2D eigenvalue weighted by atomic mass is 10.4. The van der Waals surface area contributed by atoms with Crippen LogP contribution < -0.4 is 10.5 Å². The molecule has 0 atom stereocenters. The molecule has 4 heteroatoms. The lowest BCUT2D eigenvalue weighted by Crippen LogP contribution is -2.06. The number of pyridine rings is 1. The largest absolute Gasteiger partial charge is 0.492 e. The number of aromatic nitrogens is 1. The fourth-order valence-corrected chi connectivity index (χ4v) is 1.09. The van der Waals surface area contributed by atoms with Gasteiger partial charge in [0.1, 0.15) is 5.75 Å². The van der Waals surface area contributed by atoms with E-state index >= 15 is 0 Å². The summed E-state index contributed by atoms with van der Waals surface area (Å²) >= 11 is 3.30. The number of rotatable bonds is 4. The van der Waals surface area contributed by atoms with Gasteiger partial charge in [-0.05, 0) is 35.0 Å². The van der Waals surface area contributed by atoms with E-state index in [0.29, 0.717) is 13.2 Å². The van der Waals surface area contributed by atoms with Crippen LogP contribution in [0.15, 0.2) is 22.9 Å². The van der Waals surface area contributed by atoms with Gasteiger partial charge in [0.15, 0.2) is 0 Å². The van der Waals surface area contributed by atoms with Gasteiger partial charge in [-0.2, -0.15) is 0 Å². The number of nitrogens with two attached hydrogens (primary N) is 1. The van der Waals surface area contributed by atoms with Crippen molar-refractivity contribution < 1.29 is 4.74 Å². The summed E-state index contributed by atoms with van der Waals surface area (Å²) in [4.78, 5) is 3.96. The average Bonchev–Trinajstić information content (AvgIpc) is 2.05. The predicted molar refractivity (Wildman–Crippen MR) is 51.1 cm³/mol. The standard InChI is InChI=1S/C8H11BrN2O/c9-7-4-8(6-11-5-7)12-3-1-2-10/h4-6H,1-3,10H2. The van der Waals surface area contributed by atoms with E-state index < -0.39 is 0 Å². The summed E-state index contributed by atoms with van der Waals surface area (Å²) in [5.74, 6) is 0.776. The molecule has 66 valence electrons. The zero-order valence-electron chi connectivity index (χ0n) is 6.66. The van der Waals surface area contributed by atoms with Crippen molar-refractivity contribution >= 4 is 15.9 Å². The number of halogens is 1. The van der Waals surface area contributed by atoms with Crippen molar-refractivity contribution in [1.29, 1.82) is 0 Å². The van der Waals surface area contributed by atoms with Gasteiger partial charge in [-0.3, -0.25) is 4.98 Å². The first-order valence-electron chi connectivity index (χ1n) is 3.76. The Morgan fingerprint density at radius 2 is 2.33 bits per heavy atom. The molecule has 1 aromatic heterocycles. The summed E-state index contributed by atoms with van der Waals surface area (Å²) in [5.41, 5.74) is 5.32. The molecule has 3 nitrogen and oxygen atoms in total. The summed E-state index contributed by atoms with van der Waals surface area (Å²) < 4.78 is 6.28. The van der Waals surface area contributed by atoms with Gasteiger partial charge in [-0.1, -0.05) is 0 Å². The molecule has 2 N–H and O–H groups in total. The van der Waals surface area contributed by atoms with Crippen LogP contribution >= 0.6 is 15.9 Å².